The van der Waals surface area contributed by atoms with Crippen LogP contribution in [0.1, 0.15) is 5.76 Å². The number of ether oxygens (including phenoxy) is 1. The number of para-hydroxylation sites is 1. The first-order valence-corrected chi connectivity index (χ1v) is 10.6. The van der Waals surface area contributed by atoms with E-state index in [1.165, 1.54) is 0 Å². The Morgan fingerprint density at radius 2 is 1.87 bits per heavy atom. The summed E-state index contributed by atoms with van der Waals surface area (Å²) in [5.41, 5.74) is 0.826. The lowest BCUT2D eigenvalue weighted by molar-refractivity contribution is -0.123. The highest BCUT2D eigenvalue weighted by atomic mass is 35.5. The van der Waals surface area contributed by atoms with Crippen LogP contribution in [-0.4, -0.2) is 29.2 Å². The lowest BCUT2D eigenvalue weighted by Crippen LogP contribution is -2.32. The number of nitrogens with zero attached hydrogens (tertiary/aromatic N) is 1. The zero-order chi connectivity index (χ0) is 21.1. The maximum Gasteiger partial charge on any atom is 0.293 e. The fourth-order valence-corrected chi connectivity index (χ4v) is 4.08. The zero-order valence-electron chi connectivity index (χ0n) is 15.5. The van der Waals surface area contributed by atoms with E-state index in [4.69, 9.17) is 32.4 Å². The number of hydrogen-bond acceptors (Lipinski definition) is 5. The van der Waals surface area contributed by atoms with E-state index in [9.17, 15) is 9.59 Å². The Bertz CT molecular complexity index is 1140. The van der Waals surface area contributed by atoms with Crippen molar-refractivity contribution in [2.24, 2.45) is 0 Å². The van der Waals surface area contributed by atoms with Gasteiger partial charge >= 0.3 is 0 Å². The predicted molar refractivity (Wildman–Crippen MR) is 119 cm³/mol. The van der Waals surface area contributed by atoms with E-state index in [0.717, 1.165) is 22.2 Å². The fraction of sp³-hybridized carbons (Fsp3) is 0.0909. The molecule has 0 bridgehead atoms. The molecule has 1 saturated heterocycles. The average Bonchev–Trinajstić information content (AvgIpc) is 3.29. The second kappa shape index (κ2) is 9.00. The normalized spacial score (nSPS) is 15.3. The van der Waals surface area contributed by atoms with Gasteiger partial charge in [0, 0.05) is 16.7 Å². The van der Waals surface area contributed by atoms with Gasteiger partial charge in [0.1, 0.15) is 23.9 Å². The van der Waals surface area contributed by atoms with Crippen LogP contribution in [0.4, 0.5) is 4.79 Å². The SMILES string of the molecule is O=C1S/C(=C\c2ccc(-c3cccc(Cl)c3)o2)C(=O)N1CCOc1ccccc1Cl. The maximum absolute atomic E-state index is 12.6. The summed E-state index contributed by atoms with van der Waals surface area (Å²) in [4.78, 5) is 26.3. The van der Waals surface area contributed by atoms with E-state index < -0.39 is 0 Å². The third-order valence-electron chi connectivity index (χ3n) is 4.29. The number of rotatable bonds is 6. The molecule has 0 atom stereocenters. The Hall–Kier alpha value is -2.67. The number of halogens is 2. The minimum Gasteiger partial charge on any atom is -0.490 e. The molecule has 3 aromatic rings. The Labute approximate surface area is 187 Å². The topological polar surface area (TPSA) is 59.8 Å². The molecule has 0 saturated carbocycles. The number of amides is 2. The smallest absolute Gasteiger partial charge is 0.293 e. The average molecular weight is 460 g/mol. The Balaban J connectivity index is 1.42. The Kier molecular flexibility index (Phi) is 6.18. The Morgan fingerprint density at radius 3 is 2.67 bits per heavy atom. The van der Waals surface area contributed by atoms with Gasteiger partial charge in [-0.3, -0.25) is 14.5 Å². The summed E-state index contributed by atoms with van der Waals surface area (Å²) >= 11 is 12.9. The largest absolute Gasteiger partial charge is 0.490 e. The molecule has 1 aromatic heterocycles. The van der Waals surface area contributed by atoms with Crippen molar-refractivity contribution in [1.29, 1.82) is 0 Å². The summed E-state index contributed by atoms with van der Waals surface area (Å²) in [6.45, 7) is 0.272. The lowest BCUT2D eigenvalue weighted by atomic mass is 10.2. The molecule has 0 aliphatic carbocycles. The van der Waals surface area contributed by atoms with Gasteiger partial charge in [-0.1, -0.05) is 47.5 Å². The zero-order valence-corrected chi connectivity index (χ0v) is 17.8. The third-order valence-corrected chi connectivity index (χ3v) is 5.75. The van der Waals surface area contributed by atoms with Crippen molar-refractivity contribution in [2.75, 3.05) is 13.2 Å². The summed E-state index contributed by atoms with van der Waals surface area (Å²) in [5, 5.41) is 0.723. The van der Waals surface area contributed by atoms with Crippen LogP contribution in [0.2, 0.25) is 10.0 Å². The third kappa shape index (κ3) is 4.56. The van der Waals surface area contributed by atoms with Crippen LogP contribution in [0.3, 0.4) is 0 Å². The van der Waals surface area contributed by atoms with Gasteiger partial charge in [0.15, 0.2) is 0 Å². The number of carbonyl (C=O) groups is 2. The molecule has 2 aromatic carbocycles. The van der Waals surface area contributed by atoms with Gasteiger partial charge in [0.25, 0.3) is 11.1 Å². The standard InChI is InChI=1S/C22H15Cl2NO4S/c23-15-5-3-4-14(12-15)18-9-8-16(29-18)13-20-21(26)25(22(27)30-20)10-11-28-19-7-2-1-6-17(19)24/h1-9,12-13H,10-11H2/b20-13-. The highest BCUT2D eigenvalue weighted by molar-refractivity contribution is 8.18. The summed E-state index contributed by atoms with van der Waals surface area (Å²) < 4.78 is 11.4. The first-order chi connectivity index (χ1) is 14.5. The predicted octanol–water partition coefficient (Wildman–Crippen LogP) is 6.37. The number of benzene rings is 2. The van der Waals surface area contributed by atoms with E-state index in [2.05, 4.69) is 0 Å². The van der Waals surface area contributed by atoms with Crippen molar-refractivity contribution in [3.63, 3.8) is 0 Å². The van der Waals surface area contributed by atoms with Crippen LogP contribution >= 0.6 is 35.0 Å². The molecule has 8 heteroatoms. The summed E-state index contributed by atoms with van der Waals surface area (Å²) in [5.74, 6) is 1.22. The molecule has 0 radical (unpaired) electrons. The van der Waals surface area contributed by atoms with Gasteiger partial charge in [-0.2, -0.15) is 0 Å². The lowest BCUT2D eigenvalue weighted by Gasteiger charge is -2.13. The second-order valence-electron chi connectivity index (χ2n) is 6.32. The molecule has 0 N–H and O–H groups in total. The first-order valence-electron chi connectivity index (χ1n) is 9.00. The molecule has 2 heterocycles. The van der Waals surface area contributed by atoms with Crippen LogP contribution in [0.25, 0.3) is 17.4 Å². The molecule has 1 fully saturated rings. The molecule has 30 heavy (non-hydrogen) atoms. The van der Waals surface area contributed by atoms with Crippen LogP contribution < -0.4 is 4.74 Å². The van der Waals surface area contributed by atoms with Gasteiger partial charge in [-0.15, -0.1) is 0 Å². The number of carbonyl (C=O) groups excluding carboxylic acids is 2. The monoisotopic (exact) mass is 459 g/mol. The van der Waals surface area contributed by atoms with Crippen LogP contribution in [0, 0.1) is 0 Å². The van der Waals surface area contributed by atoms with Crippen molar-refractivity contribution < 1.29 is 18.7 Å². The van der Waals surface area contributed by atoms with Crippen molar-refractivity contribution in [1.82, 2.24) is 4.90 Å². The summed E-state index contributed by atoms with van der Waals surface area (Å²) in [6, 6.07) is 17.8. The quantitative estimate of drug-likeness (QED) is 0.400. The summed E-state index contributed by atoms with van der Waals surface area (Å²) in [7, 11) is 0. The van der Waals surface area contributed by atoms with E-state index in [0.29, 0.717) is 32.2 Å². The molecule has 152 valence electrons. The van der Waals surface area contributed by atoms with Gasteiger partial charge in [-0.05, 0) is 48.2 Å². The second-order valence-corrected chi connectivity index (χ2v) is 8.16. The van der Waals surface area contributed by atoms with Crippen molar-refractivity contribution >= 4 is 52.2 Å². The minimum atomic E-state index is -0.381. The van der Waals surface area contributed by atoms with Crippen LogP contribution in [0.5, 0.6) is 5.75 Å². The van der Waals surface area contributed by atoms with Crippen molar-refractivity contribution in [2.45, 2.75) is 0 Å². The number of thioether (sulfide) groups is 1. The van der Waals surface area contributed by atoms with Gasteiger partial charge in [0.05, 0.1) is 16.5 Å². The highest BCUT2D eigenvalue weighted by Gasteiger charge is 2.35. The van der Waals surface area contributed by atoms with Crippen molar-refractivity contribution in [3.05, 3.63) is 81.4 Å². The molecule has 0 unspecified atom stereocenters. The molecule has 0 spiro atoms. The molecule has 5 nitrogen and oxygen atoms in total. The number of furan rings is 1. The molecular formula is C22H15Cl2NO4S. The van der Waals surface area contributed by atoms with E-state index in [1.54, 1.807) is 54.6 Å². The van der Waals surface area contributed by atoms with Gasteiger partial charge in [0.2, 0.25) is 0 Å². The van der Waals surface area contributed by atoms with Crippen LogP contribution in [-0.2, 0) is 4.79 Å². The van der Waals surface area contributed by atoms with E-state index in [1.807, 2.05) is 12.1 Å². The van der Waals surface area contributed by atoms with Gasteiger partial charge in [-0.25, -0.2) is 0 Å². The van der Waals surface area contributed by atoms with Crippen molar-refractivity contribution in [3.8, 4) is 17.1 Å². The minimum absolute atomic E-state index is 0.124. The molecule has 2 amide bonds. The molecular weight excluding hydrogens is 445 g/mol. The van der Waals surface area contributed by atoms with Gasteiger partial charge < -0.3 is 9.15 Å². The van der Waals surface area contributed by atoms with E-state index >= 15 is 0 Å². The Morgan fingerprint density at radius 1 is 1.03 bits per heavy atom. The number of imide groups is 1. The van der Waals surface area contributed by atoms with Crippen LogP contribution in [0.15, 0.2) is 70.0 Å². The fourth-order valence-electron chi connectivity index (χ4n) is 2.86. The van der Waals surface area contributed by atoms with E-state index in [-0.39, 0.29) is 24.3 Å². The highest BCUT2D eigenvalue weighted by Crippen LogP contribution is 2.33. The molecule has 1 aliphatic heterocycles. The first kappa shape index (κ1) is 20.6. The maximum atomic E-state index is 12.6. The molecule has 4 rings (SSSR count). The molecule has 1 aliphatic rings. The number of hydrogen-bond donors (Lipinski definition) is 0. The summed E-state index contributed by atoms with van der Waals surface area (Å²) in [6.07, 6.45) is 1.56.